The molecule has 0 spiro atoms. The van der Waals surface area contributed by atoms with Gasteiger partial charge in [-0.25, -0.2) is 4.98 Å². The van der Waals surface area contributed by atoms with Gasteiger partial charge in [-0.2, -0.15) is 18.3 Å². The van der Waals surface area contributed by atoms with Gasteiger partial charge in [0.1, 0.15) is 0 Å². The minimum absolute atomic E-state index is 0.340. The predicted molar refractivity (Wildman–Crippen MR) is 77.5 cm³/mol. The molecule has 10 heteroatoms. The topological polar surface area (TPSA) is 46.5 Å². The molecule has 0 saturated heterocycles. The monoisotopic (exact) mass is 368 g/mol. The van der Waals surface area contributed by atoms with Gasteiger partial charge in [-0.05, 0) is 18.2 Å². The third-order valence-corrected chi connectivity index (χ3v) is 3.46. The molecule has 0 amide bonds. The van der Waals surface area contributed by atoms with Crippen LogP contribution >= 0.6 is 34.8 Å². The quantitative estimate of drug-likeness (QED) is 0.638. The van der Waals surface area contributed by atoms with E-state index < -0.39 is 15.7 Å². The number of aromatic nitrogens is 4. The van der Waals surface area contributed by atoms with Gasteiger partial charge in [-0.1, -0.05) is 34.8 Å². The summed E-state index contributed by atoms with van der Waals surface area (Å²) in [5, 5.41) is 7.29. The standard InChI is InChI=1S/C12H6Cl3F3N4/c13-11(14,15)10-20-9(12(16,17)18)5-22(10)7-1-2-8-6(3-7)4-19-21-8/h1-5H,(H,19,21). The fourth-order valence-electron chi connectivity index (χ4n) is 1.99. The lowest BCUT2D eigenvalue weighted by Gasteiger charge is -2.13. The molecule has 0 atom stereocenters. The molecule has 0 unspecified atom stereocenters. The highest BCUT2D eigenvalue weighted by molar-refractivity contribution is 6.66. The normalized spacial score (nSPS) is 13.0. The maximum absolute atomic E-state index is 12.9. The Bertz CT molecular complexity index is 832. The second kappa shape index (κ2) is 5.04. The van der Waals surface area contributed by atoms with Crippen molar-refractivity contribution in [3.8, 4) is 5.69 Å². The number of halogens is 6. The van der Waals surface area contributed by atoms with E-state index in [0.29, 0.717) is 11.1 Å². The summed E-state index contributed by atoms with van der Waals surface area (Å²) < 4.78 is 37.6. The van der Waals surface area contributed by atoms with Crippen LogP contribution in [0.1, 0.15) is 11.5 Å². The van der Waals surface area contributed by atoms with Crippen molar-refractivity contribution < 1.29 is 13.2 Å². The lowest BCUT2D eigenvalue weighted by atomic mass is 10.2. The molecule has 0 saturated carbocycles. The number of hydrogen-bond donors (Lipinski definition) is 1. The van der Waals surface area contributed by atoms with E-state index in [1.807, 2.05) is 0 Å². The summed E-state index contributed by atoms with van der Waals surface area (Å²) in [7, 11) is 0. The minimum atomic E-state index is -4.64. The van der Waals surface area contributed by atoms with E-state index in [-0.39, 0.29) is 5.82 Å². The molecule has 116 valence electrons. The summed E-state index contributed by atoms with van der Waals surface area (Å²) in [4.78, 5) is 3.42. The van der Waals surface area contributed by atoms with E-state index in [1.165, 1.54) is 6.20 Å². The summed E-state index contributed by atoms with van der Waals surface area (Å²) in [6, 6.07) is 4.84. The average molecular weight is 370 g/mol. The molecule has 2 aromatic heterocycles. The number of fused-ring (bicyclic) bond motifs is 1. The van der Waals surface area contributed by atoms with E-state index in [2.05, 4.69) is 15.2 Å². The van der Waals surface area contributed by atoms with Gasteiger partial charge in [0.15, 0.2) is 11.5 Å². The summed E-state index contributed by atoms with van der Waals surface area (Å²) in [5.74, 6) is -0.340. The molecule has 0 radical (unpaired) electrons. The second-order valence-electron chi connectivity index (χ2n) is 4.46. The lowest BCUT2D eigenvalue weighted by Crippen LogP contribution is -2.10. The van der Waals surface area contributed by atoms with Crippen LogP contribution in [0.25, 0.3) is 16.6 Å². The lowest BCUT2D eigenvalue weighted by molar-refractivity contribution is -0.141. The summed E-state index contributed by atoms with van der Waals surface area (Å²) in [5.41, 5.74) is -0.0327. The zero-order chi connectivity index (χ0) is 16.1. The molecule has 22 heavy (non-hydrogen) atoms. The second-order valence-corrected chi connectivity index (χ2v) is 6.74. The molecule has 3 rings (SSSR count). The zero-order valence-corrected chi connectivity index (χ0v) is 12.8. The average Bonchev–Trinajstić information content (AvgIpc) is 3.03. The van der Waals surface area contributed by atoms with Crippen LogP contribution < -0.4 is 0 Å². The van der Waals surface area contributed by atoms with Gasteiger partial charge in [0.05, 0.1) is 11.7 Å². The Balaban J connectivity index is 2.21. The van der Waals surface area contributed by atoms with Crippen molar-refractivity contribution in [3.05, 3.63) is 42.1 Å². The molecular weight excluding hydrogens is 364 g/mol. The molecule has 1 N–H and O–H groups in total. The maximum Gasteiger partial charge on any atom is 0.434 e. The molecule has 0 bridgehead atoms. The number of rotatable bonds is 1. The van der Waals surface area contributed by atoms with Crippen LogP contribution in [0, 0.1) is 0 Å². The van der Waals surface area contributed by atoms with E-state index in [0.717, 1.165) is 16.3 Å². The molecule has 4 nitrogen and oxygen atoms in total. The van der Waals surface area contributed by atoms with Crippen molar-refractivity contribution in [1.29, 1.82) is 0 Å². The third-order valence-electron chi connectivity index (χ3n) is 2.95. The Morgan fingerprint density at radius 2 is 1.86 bits per heavy atom. The first-order chi connectivity index (χ1) is 10.2. The number of imidazole rings is 1. The molecule has 0 fully saturated rings. The van der Waals surface area contributed by atoms with Gasteiger partial charge in [-0.3, -0.25) is 9.67 Å². The van der Waals surface area contributed by atoms with Gasteiger partial charge in [0, 0.05) is 17.3 Å². The Kier molecular flexibility index (Phi) is 3.54. The van der Waals surface area contributed by atoms with Crippen LogP contribution in [-0.2, 0) is 9.97 Å². The number of nitrogens with one attached hydrogen (secondary N) is 1. The number of nitrogens with zero attached hydrogens (tertiary/aromatic N) is 3. The summed E-state index contributed by atoms with van der Waals surface area (Å²) in [6.45, 7) is 0. The smallest absolute Gasteiger partial charge is 0.299 e. The van der Waals surface area contributed by atoms with Crippen molar-refractivity contribution in [2.75, 3.05) is 0 Å². The predicted octanol–water partition coefficient (Wildman–Crippen LogP) is 4.59. The maximum atomic E-state index is 12.9. The first-order valence-corrected chi connectivity index (χ1v) is 6.97. The van der Waals surface area contributed by atoms with Crippen molar-refractivity contribution in [3.63, 3.8) is 0 Å². The minimum Gasteiger partial charge on any atom is -0.299 e. The van der Waals surface area contributed by atoms with Crippen LogP contribution in [0.4, 0.5) is 13.2 Å². The largest absolute Gasteiger partial charge is 0.434 e. The molecular formula is C12H6Cl3F3N4. The van der Waals surface area contributed by atoms with Crippen molar-refractivity contribution in [1.82, 2.24) is 19.7 Å². The number of aromatic amines is 1. The van der Waals surface area contributed by atoms with E-state index >= 15 is 0 Å². The summed E-state index contributed by atoms with van der Waals surface area (Å²) >= 11 is 17.2. The van der Waals surface area contributed by atoms with Crippen molar-refractivity contribution in [2.24, 2.45) is 0 Å². The van der Waals surface area contributed by atoms with Gasteiger partial charge in [0.2, 0.25) is 3.79 Å². The first kappa shape index (κ1) is 15.5. The number of hydrogen-bond acceptors (Lipinski definition) is 2. The third kappa shape index (κ3) is 2.76. The van der Waals surface area contributed by atoms with Crippen LogP contribution in [0.2, 0.25) is 0 Å². The highest BCUT2D eigenvalue weighted by Gasteiger charge is 2.39. The number of H-pyrrole nitrogens is 1. The Hall–Kier alpha value is -1.44. The van der Waals surface area contributed by atoms with Crippen molar-refractivity contribution >= 4 is 45.7 Å². The summed E-state index contributed by atoms with van der Waals surface area (Å²) in [6.07, 6.45) is -2.32. The number of benzene rings is 1. The zero-order valence-electron chi connectivity index (χ0n) is 10.5. The van der Waals surface area contributed by atoms with Gasteiger partial charge in [-0.15, -0.1) is 0 Å². The van der Waals surface area contributed by atoms with Crippen LogP contribution in [-0.4, -0.2) is 19.7 Å². The van der Waals surface area contributed by atoms with Crippen LogP contribution in [0.3, 0.4) is 0 Å². The van der Waals surface area contributed by atoms with Gasteiger partial charge in [0.25, 0.3) is 0 Å². The fourth-order valence-corrected chi connectivity index (χ4v) is 2.39. The van der Waals surface area contributed by atoms with Crippen LogP contribution in [0.15, 0.2) is 30.6 Å². The van der Waals surface area contributed by atoms with E-state index in [1.54, 1.807) is 18.2 Å². The molecule has 2 heterocycles. The van der Waals surface area contributed by atoms with Gasteiger partial charge >= 0.3 is 6.18 Å². The first-order valence-electron chi connectivity index (χ1n) is 5.83. The fraction of sp³-hybridized carbons (Fsp3) is 0.167. The Morgan fingerprint density at radius 3 is 2.50 bits per heavy atom. The molecule has 0 aliphatic heterocycles. The Labute approximate surface area is 136 Å². The SMILES string of the molecule is FC(F)(F)c1cn(-c2ccc3[nH]ncc3c2)c(C(Cl)(Cl)Cl)n1. The van der Waals surface area contributed by atoms with E-state index in [4.69, 9.17) is 34.8 Å². The Morgan fingerprint density at radius 1 is 1.14 bits per heavy atom. The molecule has 0 aliphatic rings. The van der Waals surface area contributed by atoms with Crippen LogP contribution in [0.5, 0.6) is 0 Å². The number of alkyl halides is 6. The molecule has 3 aromatic rings. The highest BCUT2D eigenvalue weighted by Crippen LogP contribution is 2.40. The van der Waals surface area contributed by atoms with Crippen molar-refractivity contribution in [2.45, 2.75) is 9.97 Å². The highest BCUT2D eigenvalue weighted by atomic mass is 35.6. The molecule has 0 aliphatic carbocycles. The van der Waals surface area contributed by atoms with E-state index in [9.17, 15) is 13.2 Å². The van der Waals surface area contributed by atoms with Gasteiger partial charge < -0.3 is 0 Å². The molecule has 1 aromatic carbocycles.